The zero-order valence-corrected chi connectivity index (χ0v) is 13.9. The Kier molecular flexibility index (Phi) is 4.81. The van der Waals surface area contributed by atoms with E-state index in [0.29, 0.717) is 17.1 Å². The molecule has 1 saturated heterocycles. The zero-order valence-electron chi connectivity index (χ0n) is 13.9. The third-order valence-electron chi connectivity index (χ3n) is 4.35. The van der Waals surface area contributed by atoms with Gasteiger partial charge in [0.25, 0.3) is 0 Å². The Morgan fingerprint density at radius 3 is 2.67 bits per heavy atom. The summed E-state index contributed by atoms with van der Waals surface area (Å²) in [5, 5.41) is 0. The van der Waals surface area contributed by atoms with Crippen molar-refractivity contribution in [1.82, 2.24) is 4.98 Å². The van der Waals surface area contributed by atoms with Crippen molar-refractivity contribution in [3.8, 4) is 11.5 Å². The molecule has 1 fully saturated rings. The van der Waals surface area contributed by atoms with Gasteiger partial charge in [0, 0.05) is 12.8 Å². The molecule has 0 saturated carbocycles. The molecule has 5 heteroatoms. The lowest BCUT2D eigenvalue weighted by Gasteiger charge is -2.30. The van der Waals surface area contributed by atoms with Crippen molar-refractivity contribution < 1.29 is 19.0 Å². The summed E-state index contributed by atoms with van der Waals surface area (Å²) in [7, 11) is 0. The molecule has 0 N–H and O–H groups in total. The molecule has 1 aliphatic rings. The first-order chi connectivity index (χ1) is 11.6. The van der Waals surface area contributed by atoms with Crippen molar-refractivity contribution in [1.29, 1.82) is 0 Å². The van der Waals surface area contributed by atoms with Crippen LogP contribution in [-0.2, 0) is 9.47 Å². The average molecular weight is 327 g/mol. The van der Waals surface area contributed by atoms with E-state index in [1.165, 1.54) is 0 Å². The number of carbonyl (C=O) groups excluding carboxylic acids is 1. The Bertz CT molecular complexity index is 678. The van der Waals surface area contributed by atoms with Crippen molar-refractivity contribution in [2.45, 2.75) is 38.4 Å². The summed E-state index contributed by atoms with van der Waals surface area (Å²) >= 11 is 0. The van der Waals surface area contributed by atoms with Gasteiger partial charge in [-0.15, -0.1) is 0 Å². The topological polar surface area (TPSA) is 57.7 Å². The third-order valence-corrected chi connectivity index (χ3v) is 4.35. The molecule has 0 amide bonds. The lowest BCUT2D eigenvalue weighted by atomic mass is 9.97. The molecule has 2 aromatic rings. The van der Waals surface area contributed by atoms with Gasteiger partial charge in [-0.05, 0) is 63.1 Å². The van der Waals surface area contributed by atoms with Crippen LogP contribution in [0.4, 0.5) is 0 Å². The summed E-state index contributed by atoms with van der Waals surface area (Å²) in [6, 6.07) is 10.5. The molecule has 2 atom stereocenters. The van der Waals surface area contributed by atoms with Gasteiger partial charge in [0.1, 0.15) is 23.2 Å². The third kappa shape index (κ3) is 3.74. The van der Waals surface area contributed by atoms with E-state index in [1.54, 1.807) is 42.7 Å². The lowest BCUT2D eigenvalue weighted by molar-refractivity contribution is -0.0798. The van der Waals surface area contributed by atoms with Crippen molar-refractivity contribution in [2.24, 2.45) is 0 Å². The van der Waals surface area contributed by atoms with Crippen LogP contribution >= 0.6 is 0 Å². The van der Waals surface area contributed by atoms with Crippen LogP contribution in [-0.4, -0.2) is 29.3 Å². The number of pyridine rings is 1. The second-order valence-corrected chi connectivity index (χ2v) is 6.13. The molecule has 24 heavy (non-hydrogen) atoms. The molecular weight excluding hydrogens is 306 g/mol. The number of esters is 1. The highest BCUT2D eigenvalue weighted by atomic mass is 16.6. The standard InChI is InChI=1S/C19H21NO4/c1-14(19(2)10-4-12-22-19)23-18(21)15-6-8-16(9-7-15)24-17-5-3-11-20-13-17/h3,5-9,11,13-14H,4,10,12H2,1-2H3/t14-,19?/m1/s1. The summed E-state index contributed by atoms with van der Waals surface area (Å²) in [6.45, 7) is 4.59. The van der Waals surface area contributed by atoms with Crippen molar-refractivity contribution in [2.75, 3.05) is 6.61 Å². The maximum atomic E-state index is 12.3. The van der Waals surface area contributed by atoms with Gasteiger partial charge >= 0.3 is 5.97 Å². The molecular formula is C19H21NO4. The van der Waals surface area contributed by atoms with E-state index in [4.69, 9.17) is 14.2 Å². The highest BCUT2D eigenvalue weighted by molar-refractivity contribution is 5.89. The molecule has 1 aliphatic heterocycles. The molecule has 0 aliphatic carbocycles. The van der Waals surface area contributed by atoms with Gasteiger partial charge in [-0.3, -0.25) is 4.98 Å². The maximum Gasteiger partial charge on any atom is 0.338 e. The monoisotopic (exact) mass is 327 g/mol. The molecule has 5 nitrogen and oxygen atoms in total. The number of ether oxygens (including phenoxy) is 3. The predicted molar refractivity (Wildman–Crippen MR) is 89.2 cm³/mol. The molecule has 1 unspecified atom stereocenters. The second-order valence-electron chi connectivity index (χ2n) is 6.13. The number of aromatic nitrogens is 1. The molecule has 2 heterocycles. The van der Waals surface area contributed by atoms with Crippen LogP contribution in [0.2, 0.25) is 0 Å². The van der Waals surface area contributed by atoms with E-state index in [1.807, 2.05) is 19.9 Å². The van der Waals surface area contributed by atoms with Crippen LogP contribution < -0.4 is 4.74 Å². The fraction of sp³-hybridized carbons (Fsp3) is 0.368. The largest absolute Gasteiger partial charge is 0.456 e. The quantitative estimate of drug-likeness (QED) is 0.777. The first-order valence-electron chi connectivity index (χ1n) is 8.10. The van der Waals surface area contributed by atoms with Crippen molar-refractivity contribution >= 4 is 5.97 Å². The smallest absolute Gasteiger partial charge is 0.338 e. The van der Waals surface area contributed by atoms with E-state index >= 15 is 0 Å². The van der Waals surface area contributed by atoms with E-state index < -0.39 is 0 Å². The lowest BCUT2D eigenvalue weighted by Crippen LogP contribution is -2.39. The van der Waals surface area contributed by atoms with Gasteiger partial charge < -0.3 is 14.2 Å². The van der Waals surface area contributed by atoms with Crippen molar-refractivity contribution in [3.05, 3.63) is 54.4 Å². The fourth-order valence-corrected chi connectivity index (χ4v) is 2.68. The van der Waals surface area contributed by atoms with Gasteiger partial charge in [-0.2, -0.15) is 0 Å². The molecule has 0 bridgehead atoms. The van der Waals surface area contributed by atoms with Crippen LogP contribution in [0.15, 0.2) is 48.8 Å². The fourth-order valence-electron chi connectivity index (χ4n) is 2.68. The Hall–Kier alpha value is -2.40. The summed E-state index contributed by atoms with van der Waals surface area (Å²) in [4.78, 5) is 16.3. The molecule has 0 radical (unpaired) electrons. The number of hydrogen-bond donors (Lipinski definition) is 0. The minimum absolute atomic E-state index is 0.293. The van der Waals surface area contributed by atoms with Gasteiger partial charge in [-0.25, -0.2) is 4.79 Å². The van der Waals surface area contributed by atoms with Crippen molar-refractivity contribution in [3.63, 3.8) is 0 Å². The summed E-state index contributed by atoms with van der Waals surface area (Å²) in [5.41, 5.74) is 0.0981. The summed E-state index contributed by atoms with van der Waals surface area (Å²) in [5.74, 6) is 0.929. The number of benzene rings is 1. The Balaban J connectivity index is 1.61. The Morgan fingerprint density at radius 2 is 2.04 bits per heavy atom. The first-order valence-corrected chi connectivity index (χ1v) is 8.10. The number of nitrogens with zero attached hydrogens (tertiary/aromatic N) is 1. The first kappa shape index (κ1) is 16.5. The second kappa shape index (κ2) is 7.01. The minimum atomic E-state index is -0.390. The SMILES string of the molecule is C[C@@H](OC(=O)c1ccc(Oc2cccnc2)cc1)C1(C)CCCO1. The van der Waals surface area contributed by atoms with E-state index in [9.17, 15) is 4.79 Å². The van der Waals surface area contributed by atoms with E-state index in [-0.39, 0.29) is 17.7 Å². The minimum Gasteiger partial charge on any atom is -0.456 e. The highest BCUT2D eigenvalue weighted by Gasteiger charge is 2.38. The van der Waals surface area contributed by atoms with Gasteiger partial charge in [0.05, 0.1) is 11.8 Å². The Labute approximate surface area is 141 Å². The maximum absolute atomic E-state index is 12.3. The molecule has 1 aromatic carbocycles. The van der Waals surface area contributed by atoms with Crippen LogP contribution in [0.1, 0.15) is 37.0 Å². The number of carbonyl (C=O) groups is 1. The van der Waals surface area contributed by atoms with Gasteiger partial charge in [0.15, 0.2) is 0 Å². The molecule has 126 valence electrons. The van der Waals surface area contributed by atoms with Crippen LogP contribution in [0.5, 0.6) is 11.5 Å². The van der Waals surface area contributed by atoms with Crippen LogP contribution in [0.25, 0.3) is 0 Å². The highest BCUT2D eigenvalue weighted by Crippen LogP contribution is 2.30. The van der Waals surface area contributed by atoms with Crippen LogP contribution in [0.3, 0.4) is 0 Å². The molecule has 3 rings (SSSR count). The molecule has 0 spiro atoms. The zero-order chi connectivity index (χ0) is 17.0. The van der Waals surface area contributed by atoms with Gasteiger partial charge in [0.2, 0.25) is 0 Å². The van der Waals surface area contributed by atoms with E-state index in [2.05, 4.69) is 4.98 Å². The predicted octanol–water partition coefficient (Wildman–Crippen LogP) is 3.99. The number of hydrogen-bond acceptors (Lipinski definition) is 5. The van der Waals surface area contributed by atoms with E-state index in [0.717, 1.165) is 19.4 Å². The Morgan fingerprint density at radius 1 is 1.25 bits per heavy atom. The van der Waals surface area contributed by atoms with Gasteiger partial charge in [-0.1, -0.05) is 0 Å². The molecule has 1 aromatic heterocycles. The average Bonchev–Trinajstić information content (AvgIpc) is 3.04. The normalized spacial score (nSPS) is 21.2. The summed E-state index contributed by atoms with van der Waals surface area (Å²) < 4.78 is 16.9. The number of rotatable bonds is 5. The summed E-state index contributed by atoms with van der Waals surface area (Å²) in [6.07, 6.45) is 4.92. The van der Waals surface area contributed by atoms with Crippen LogP contribution in [0, 0.1) is 0 Å².